The first-order valence-corrected chi connectivity index (χ1v) is 7.24. The zero-order valence-electron chi connectivity index (χ0n) is 12.0. The van der Waals surface area contributed by atoms with E-state index < -0.39 is 11.4 Å². The number of para-hydroxylation sites is 1. The van der Waals surface area contributed by atoms with Crippen molar-refractivity contribution in [2.75, 3.05) is 26.2 Å². The van der Waals surface area contributed by atoms with E-state index in [4.69, 9.17) is 4.74 Å². The molecule has 0 unspecified atom stereocenters. The lowest BCUT2D eigenvalue weighted by atomic mass is 9.80. The number of likely N-dealkylation sites (tertiary alicyclic amines) is 1. The first kappa shape index (κ1) is 14.9. The number of rotatable bonds is 6. The van der Waals surface area contributed by atoms with Crippen LogP contribution in [-0.2, 0) is 4.79 Å². The summed E-state index contributed by atoms with van der Waals surface area (Å²) in [7, 11) is 0. The third kappa shape index (κ3) is 3.97. The molecule has 1 heterocycles. The third-order valence-electron chi connectivity index (χ3n) is 4.11. The standard InChI is InChI=1S/C16H23NO3/c1-16(15(18)19)8-11-17(12-9-16)10-5-13-20-14-6-3-2-4-7-14/h2-4,6-7H,5,8-13H2,1H3,(H,18,19). The number of ether oxygens (including phenoxy) is 1. The first-order chi connectivity index (χ1) is 9.60. The lowest BCUT2D eigenvalue weighted by molar-refractivity contribution is -0.150. The number of nitrogens with zero attached hydrogens (tertiary/aromatic N) is 1. The van der Waals surface area contributed by atoms with Gasteiger partial charge in [-0.1, -0.05) is 18.2 Å². The summed E-state index contributed by atoms with van der Waals surface area (Å²) in [6.07, 6.45) is 2.45. The summed E-state index contributed by atoms with van der Waals surface area (Å²) in [5, 5.41) is 9.19. The number of carbonyl (C=O) groups is 1. The Labute approximate surface area is 120 Å². The van der Waals surface area contributed by atoms with E-state index in [1.54, 1.807) is 0 Å². The predicted octanol–water partition coefficient (Wildman–Crippen LogP) is 2.64. The van der Waals surface area contributed by atoms with Crippen LogP contribution in [0, 0.1) is 5.41 Å². The van der Waals surface area contributed by atoms with Gasteiger partial charge in [0.2, 0.25) is 0 Å². The van der Waals surface area contributed by atoms with Gasteiger partial charge in [0.1, 0.15) is 5.75 Å². The van der Waals surface area contributed by atoms with Crippen LogP contribution in [0.3, 0.4) is 0 Å². The van der Waals surface area contributed by atoms with Gasteiger partial charge in [0, 0.05) is 6.54 Å². The van der Waals surface area contributed by atoms with E-state index in [-0.39, 0.29) is 0 Å². The molecule has 1 aromatic carbocycles. The molecule has 4 heteroatoms. The average molecular weight is 277 g/mol. The van der Waals surface area contributed by atoms with Crippen molar-refractivity contribution in [2.24, 2.45) is 5.41 Å². The molecule has 1 fully saturated rings. The maximum Gasteiger partial charge on any atom is 0.309 e. The molecule has 1 N–H and O–H groups in total. The second kappa shape index (κ2) is 6.75. The predicted molar refractivity (Wildman–Crippen MR) is 78.0 cm³/mol. The summed E-state index contributed by atoms with van der Waals surface area (Å²) in [5.41, 5.74) is -0.531. The van der Waals surface area contributed by atoms with E-state index in [1.165, 1.54) is 0 Å². The molecule has 1 aliphatic heterocycles. The third-order valence-corrected chi connectivity index (χ3v) is 4.11. The van der Waals surface area contributed by atoms with Crippen molar-refractivity contribution in [1.29, 1.82) is 0 Å². The number of carboxylic acids is 1. The zero-order chi connectivity index (χ0) is 14.4. The fraction of sp³-hybridized carbons (Fsp3) is 0.562. The second-order valence-electron chi connectivity index (χ2n) is 5.72. The molecule has 1 aromatic rings. The molecule has 1 saturated heterocycles. The van der Waals surface area contributed by atoms with Gasteiger partial charge in [-0.2, -0.15) is 0 Å². The second-order valence-corrected chi connectivity index (χ2v) is 5.72. The van der Waals surface area contributed by atoms with Gasteiger partial charge in [0.25, 0.3) is 0 Å². The van der Waals surface area contributed by atoms with Crippen molar-refractivity contribution in [3.63, 3.8) is 0 Å². The summed E-state index contributed by atoms with van der Waals surface area (Å²) in [6.45, 7) is 5.27. The Kier molecular flexibility index (Phi) is 5.01. The molecule has 110 valence electrons. The van der Waals surface area contributed by atoms with Gasteiger partial charge < -0.3 is 14.7 Å². The largest absolute Gasteiger partial charge is 0.494 e. The lowest BCUT2D eigenvalue weighted by Gasteiger charge is -2.36. The Bertz CT molecular complexity index is 425. The number of benzene rings is 1. The van der Waals surface area contributed by atoms with Crippen LogP contribution in [0.1, 0.15) is 26.2 Å². The van der Waals surface area contributed by atoms with Crippen LogP contribution in [0.5, 0.6) is 5.75 Å². The van der Waals surface area contributed by atoms with Crippen LogP contribution < -0.4 is 4.74 Å². The van der Waals surface area contributed by atoms with Crippen molar-refractivity contribution < 1.29 is 14.6 Å². The molecule has 1 aliphatic rings. The van der Waals surface area contributed by atoms with Crippen LogP contribution in [0.15, 0.2) is 30.3 Å². The van der Waals surface area contributed by atoms with Crippen LogP contribution in [0.2, 0.25) is 0 Å². The number of hydrogen-bond donors (Lipinski definition) is 1. The van der Waals surface area contributed by atoms with Crippen molar-refractivity contribution in [2.45, 2.75) is 26.2 Å². The molecule has 4 nitrogen and oxygen atoms in total. The normalized spacial score (nSPS) is 18.6. The lowest BCUT2D eigenvalue weighted by Crippen LogP contribution is -2.43. The van der Waals surface area contributed by atoms with Gasteiger partial charge in [0.05, 0.1) is 12.0 Å². The number of carboxylic acid groups (broad SMARTS) is 1. The minimum Gasteiger partial charge on any atom is -0.494 e. The molecule has 0 saturated carbocycles. The molecular weight excluding hydrogens is 254 g/mol. The maximum atomic E-state index is 11.2. The Morgan fingerprint density at radius 1 is 1.30 bits per heavy atom. The monoisotopic (exact) mass is 277 g/mol. The van der Waals surface area contributed by atoms with E-state index in [1.807, 2.05) is 37.3 Å². The van der Waals surface area contributed by atoms with Crippen LogP contribution in [-0.4, -0.2) is 42.2 Å². The molecule has 0 bridgehead atoms. The summed E-state index contributed by atoms with van der Waals surface area (Å²) in [6, 6.07) is 9.82. The van der Waals surface area contributed by atoms with Gasteiger partial charge >= 0.3 is 5.97 Å². The summed E-state index contributed by atoms with van der Waals surface area (Å²) >= 11 is 0. The van der Waals surface area contributed by atoms with Crippen LogP contribution >= 0.6 is 0 Å². The fourth-order valence-electron chi connectivity index (χ4n) is 2.48. The highest BCUT2D eigenvalue weighted by atomic mass is 16.5. The highest BCUT2D eigenvalue weighted by Gasteiger charge is 2.36. The van der Waals surface area contributed by atoms with E-state index in [0.717, 1.165) is 44.6 Å². The van der Waals surface area contributed by atoms with Crippen molar-refractivity contribution in [3.05, 3.63) is 30.3 Å². The van der Waals surface area contributed by atoms with Crippen molar-refractivity contribution in [3.8, 4) is 5.75 Å². The number of hydrogen-bond acceptors (Lipinski definition) is 3. The van der Waals surface area contributed by atoms with E-state index in [2.05, 4.69) is 4.90 Å². The van der Waals surface area contributed by atoms with E-state index in [9.17, 15) is 9.90 Å². The van der Waals surface area contributed by atoms with E-state index >= 15 is 0 Å². The zero-order valence-corrected chi connectivity index (χ0v) is 12.0. The Morgan fingerprint density at radius 2 is 1.95 bits per heavy atom. The Hall–Kier alpha value is -1.55. The minimum atomic E-state index is -0.662. The molecule has 0 aromatic heterocycles. The smallest absolute Gasteiger partial charge is 0.309 e. The number of piperidine rings is 1. The molecule has 2 rings (SSSR count). The SMILES string of the molecule is CC1(C(=O)O)CCN(CCCOc2ccccc2)CC1. The molecular formula is C16H23NO3. The molecule has 0 atom stereocenters. The highest BCUT2D eigenvalue weighted by Crippen LogP contribution is 2.30. The summed E-state index contributed by atoms with van der Waals surface area (Å²) in [4.78, 5) is 13.5. The molecule has 0 spiro atoms. The van der Waals surface area contributed by atoms with Crippen molar-refractivity contribution >= 4 is 5.97 Å². The molecule has 0 aliphatic carbocycles. The number of aliphatic carboxylic acids is 1. The Morgan fingerprint density at radius 3 is 2.55 bits per heavy atom. The van der Waals surface area contributed by atoms with Gasteiger partial charge in [-0.05, 0) is 51.4 Å². The van der Waals surface area contributed by atoms with Crippen LogP contribution in [0.4, 0.5) is 0 Å². The molecule has 0 amide bonds. The average Bonchev–Trinajstić information content (AvgIpc) is 2.46. The summed E-state index contributed by atoms with van der Waals surface area (Å²) < 4.78 is 5.66. The maximum absolute atomic E-state index is 11.2. The van der Waals surface area contributed by atoms with E-state index in [0.29, 0.717) is 6.61 Å². The molecule has 0 radical (unpaired) electrons. The minimum absolute atomic E-state index is 0.531. The summed E-state index contributed by atoms with van der Waals surface area (Å²) in [5.74, 6) is 0.245. The fourth-order valence-corrected chi connectivity index (χ4v) is 2.48. The quantitative estimate of drug-likeness (QED) is 0.812. The first-order valence-electron chi connectivity index (χ1n) is 7.24. The van der Waals surface area contributed by atoms with Gasteiger partial charge in [0.15, 0.2) is 0 Å². The van der Waals surface area contributed by atoms with Crippen molar-refractivity contribution in [1.82, 2.24) is 4.90 Å². The highest BCUT2D eigenvalue weighted by molar-refractivity contribution is 5.74. The molecule has 20 heavy (non-hydrogen) atoms. The van der Waals surface area contributed by atoms with Gasteiger partial charge in [-0.3, -0.25) is 4.79 Å². The van der Waals surface area contributed by atoms with Crippen LogP contribution in [0.25, 0.3) is 0 Å². The van der Waals surface area contributed by atoms with Gasteiger partial charge in [-0.15, -0.1) is 0 Å². The van der Waals surface area contributed by atoms with Gasteiger partial charge in [-0.25, -0.2) is 0 Å². The topological polar surface area (TPSA) is 49.8 Å². The Balaban J connectivity index is 1.63.